The molecule has 0 unspecified atom stereocenters. The molecule has 0 aliphatic carbocycles. The molecule has 0 bridgehead atoms. The minimum absolute atomic E-state index is 0.210. The van der Waals surface area contributed by atoms with Crippen LogP contribution in [0.1, 0.15) is 19.4 Å². The highest BCUT2D eigenvalue weighted by molar-refractivity contribution is 6.31. The van der Waals surface area contributed by atoms with Gasteiger partial charge in [0.1, 0.15) is 12.1 Å². The fourth-order valence-corrected chi connectivity index (χ4v) is 1.95. The fourth-order valence-electron chi connectivity index (χ4n) is 1.78. The molecule has 9 heteroatoms. The van der Waals surface area contributed by atoms with Gasteiger partial charge in [0, 0.05) is 5.02 Å². The first-order valence-electron chi connectivity index (χ1n) is 6.96. The van der Waals surface area contributed by atoms with Gasteiger partial charge >= 0.3 is 12.0 Å². The van der Waals surface area contributed by atoms with Crippen LogP contribution in [-0.4, -0.2) is 30.6 Å². The number of amides is 3. The van der Waals surface area contributed by atoms with Gasteiger partial charge in [0.05, 0.1) is 11.3 Å². The lowest BCUT2D eigenvalue weighted by molar-refractivity contribution is -0.150. The van der Waals surface area contributed by atoms with Crippen LogP contribution >= 0.6 is 11.6 Å². The Morgan fingerprint density at radius 2 is 2.04 bits per heavy atom. The molecule has 0 radical (unpaired) electrons. The molecular formula is C15H17ClN4O4. The lowest BCUT2D eigenvalue weighted by Crippen LogP contribution is -2.48. The number of ether oxygens (including phenoxy) is 1. The van der Waals surface area contributed by atoms with Crippen LogP contribution in [0.5, 0.6) is 0 Å². The van der Waals surface area contributed by atoms with Gasteiger partial charge in [0.2, 0.25) is 0 Å². The third-order valence-corrected chi connectivity index (χ3v) is 3.18. The summed E-state index contributed by atoms with van der Waals surface area (Å²) < 4.78 is 4.87. The highest BCUT2D eigenvalue weighted by atomic mass is 35.5. The minimum Gasteiger partial charge on any atom is -0.454 e. The minimum atomic E-state index is -0.962. The number of carbonyl (C=O) groups excluding carboxylic acids is 3. The molecule has 0 aliphatic heterocycles. The van der Waals surface area contributed by atoms with Gasteiger partial charge < -0.3 is 21.1 Å². The van der Waals surface area contributed by atoms with Gasteiger partial charge in [-0.25, -0.2) is 9.59 Å². The van der Waals surface area contributed by atoms with Gasteiger partial charge in [-0.05, 0) is 24.1 Å². The number of nitrogens with one attached hydrogen (secondary N) is 2. The normalized spacial score (nSPS) is 11.3. The van der Waals surface area contributed by atoms with Crippen LogP contribution in [0.15, 0.2) is 18.2 Å². The molecule has 0 saturated carbocycles. The molecule has 8 nitrogen and oxygen atoms in total. The van der Waals surface area contributed by atoms with Gasteiger partial charge in [0.15, 0.2) is 6.61 Å². The van der Waals surface area contributed by atoms with E-state index in [1.807, 2.05) is 6.07 Å². The molecule has 0 saturated heterocycles. The Hall–Kier alpha value is -2.79. The second kappa shape index (κ2) is 8.74. The summed E-state index contributed by atoms with van der Waals surface area (Å²) in [7, 11) is 0. The van der Waals surface area contributed by atoms with Crippen molar-refractivity contribution in [3.8, 4) is 6.07 Å². The van der Waals surface area contributed by atoms with Crippen LogP contribution in [0, 0.1) is 17.2 Å². The second-order valence-electron chi connectivity index (χ2n) is 5.19. The van der Waals surface area contributed by atoms with Crippen molar-refractivity contribution in [1.29, 1.82) is 5.26 Å². The summed E-state index contributed by atoms with van der Waals surface area (Å²) in [5, 5.41) is 14.0. The predicted octanol–water partition coefficient (Wildman–Crippen LogP) is 1.39. The summed E-state index contributed by atoms with van der Waals surface area (Å²) in [5.41, 5.74) is 5.42. The summed E-state index contributed by atoms with van der Waals surface area (Å²) >= 11 is 5.81. The zero-order chi connectivity index (χ0) is 18.3. The molecule has 24 heavy (non-hydrogen) atoms. The Balaban J connectivity index is 2.66. The van der Waals surface area contributed by atoms with E-state index in [1.165, 1.54) is 18.2 Å². The topological polar surface area (TPSA) is 134 Å². The molecule has 0 aromatic heterocycles. The largest absolute Gasteiger partial charge is 0.454 e. The number of esters is 1. The number of anilines is 1. The van der Waals surface area contributed by atoms with Crippen molar-refractivity contribution >= 4 is 35.2 Å². The van der Waals surface area contributed by atoms with E-state index < -0.39 is 30.6 Å². The van der Waals surface area contributed by atoms with Crippen LogP contribution in [0.4, 0.5) is 10.5 Å². The number of halogens is 1. The van der Waals surface area contributed by atoms with E-state index in [0.29, 0.717) is 5.02 Å². The maximum atomic E-state index is 11.9. The number of hydrogen-bond acceptors (Lipinski definition) is 5. The van der Waals surface area contributed by atoms with E-state index in [1.54, 1.807) is 13.8 Å². The second-order valence-corrected chi connectivity index (χ2v) is 5.62. The zero-order valence-corrected chi connectivity index (χ0v) is 13.9. The first-order valence-corrected chi connectivity index (χ1v) is 7.34. The highest BCUT2D eigenvalue weighted by Gasteiger charge is 2.25. The van der Waals surface area contributed by atoms with Crippen molar-refractivity contribution in [3.63, 3.8) is 0 Å². The molecule has 0 heterocycles. The molecule has 128 valence electrons. The molecule has 3 amide bonds. The van der Waals surface area contributed by atoms with Gasteiger partial charge in [-0.1, -0.05) is 25.4 Å². The van der Waals surface area contributed by atoms with E-state index in [4.69, 9.17) is 27.3 Å². The smallest absolute Gasteiger partial charge is 0.329 e. The van der Waals surface area contributed by atoms with E-state index in [-0.39, 0.29) is 17.2 Å². The van der Waals surface area contributed by atoms with Gasteiger partial charge in [-0.15, -0.1) is 0 Å². The van der Waals surface area contributed by atoms with Crippen LogP contribution in [0.3, 0.4) is 0 Å². The highest BCUT2D eigenvalue weighted by Crippen LogP contribution is 2.20. The Labute approximate surface area is 143 Å². The maximum Gasteiger partial charge on any atom is 0.329 e. The van der Waals surface area contributed by atoms with Crippen LogP contribution < -0.4 is 16.4 Å². The molecule has 1 aromatic carbocycles. The van der Waals surface area contributed by atoms with Crippen LogP contribution in [0.25, 0.3) is 0 Å². The number of nitriles is 1. The first kappa shape index (κ1) is 19.3. The Morgan fingerprint density at radius 3 is 2.58 bits per heavy atom. The van der Waals surface area contributed by atoms with Crippen LogP contribution in [0.2, 0.25) is 5.02 Å². The zero-order valence-electron chi connectivity index (χ0n) is 13.1. The van der Waals surface area contributed by atoms with Crippen molar-refractivity contribution in [2.75, 3.05) is 11.9 Å². The van der Waals surface area contributed by atoms with Gasteiger partial charge in [0.25, 0.3) is 5.91 Å². The molecule has 1 aromatic rings. The fraction of sp³-hybridized carbons (Fsp3) is 0.333. The number of benzene rings is 1. The lowest BCUT2D eigenvalue weighted by atomic mass is 10.1. The molecule has 0 fully saturated rings. The maximum absolute atomic E-state index is 11.9. The average Bonchev–Trinajstić information content (AvgIpc) is 2.50. The van der Waals surface area contributed by atoms with Crippen LogP contribution in [-0.2, 0) is 14.3 Å². The summed E-state index contributed by atoms with van der Waals surface area (Å²) in [4.78, 5) is 34.6. The van der Waals surface area contributed by atoms with Crippen molar-refractivity contribution in [3.05, 3.63) is 28.8 Å². The Bertz CT molecular complexity index is 685. The molecule has 0 aliphatic rings. The molecular weight excluding hydrogens is 336 g/mol. The van der Waals surface area contributed by atoms with Gasteiger partial charge in [-0.3, -0.25) is 4.79 Å². The summed E-state index contributed by atoms with van der Waals surface area (Å²) in [5.74, 6) is -1.71. The first-order chi connectivity index (χ1) is 11.2. The van der Waals surface area contributed by atoms with E-state index in [9.17, 15) is 14.4 Å². The standard InChI is InChI=1S/C15H17ClN4O4/c1-8(2)13(20-15(18)23)14(22)24-7-12(21)19-11-5-10(16)4-3-9(11)6-17/h3-5,8,13H,7H2,1-2H3,(H,19,21)(H3,18,20,23)/t13-/m1/s1. The molecule has 1 atom stereocenters. The summed E-state index contributed by atoms with van der Waals surface area (Å²) in [6, 6.07) is 4.45. The SMILES string of the molecule is CC(C)[C@@H](NC(N)=O)C(=O)OCC(=O)Nc1cc(Cl)ccc1C#N. The number of nitrogens with zero attached hydrogens (tertiary/aromatic N) is 1. The third kappa shape index (κ3) is 5.78. The number of hydrogen-bond donors (Lipinski definition) is 3. The van der Waals surface area contributed by atoms with Crippen molar-refractivity contribution in [1.82, 2.24) is 5.32 Å². The Morgan fingerprint density at radius 1 is 1.38 bits per heavy atom. The number of carbonyl (C=O) groups is 3. The lowest BCUT2D eigenvalue weighted by Gasteiger charge is -2.19. The summed E-state index contributed by atoms with van der Waals surface area (Å²) in [6.07, 6.45) is 0. The molecule has 4 N–H and O–H groups in total. The number of rotatable bonds is 6. The van der Waals surface area contributed by atoms with E-state index >= 15 is 0 Å². The van der Waals surface area contributed by atoms with Gasteiger partial charge in [-0.2, -0.15) is 5.26 Å². The average molecular weight is 353 g/mol. The van der Waals surface area contributed by atoms with Crippen molar-refractivity contribution < 1.29 is 19.1 Å². The predicted molar refractivity (Wildman–Crippen MR) is 87.1 cm³/mol. The van der Waals surface area contributed by atoms with Crippen molar-refractivity contribution in [2.45, 2.75) is 19.9 Å². The van der Waals surface area contributed by atoms with Crippen molar-refractivity contribution in [2.24, 2.45) is 11.7 Å². The number of primary amides is 1. The van der Waals surface area contributed by atoms with E-state index in [0.717, 1.165) is 0 Å². The van der Waals surface area contributed by atoms with E-state index in [2.05, 4.69) is 10.6 Å². The molecule has 0 spiro atoms. The number of nitrogens with two attached hydrogens (primary N) is 1. The monoisotopic (exact) mass is 352 g/mol. The quantitative estimate of drug-likeness (QED) is 0.665. The third-order valence-electron chi connectivity index (χ3n) is 2.94. The number of urea groups is 1. The summed E-state index contributed by atoms with van der Waals surface area (Å²) in [6.45, 7) is 2.79. The molecule has 1 rings (SSSR count). The Kier molecular flexibility index (Phi) is 7.01.